The molecule has 1 aromatic carbocycles. The number of aryl methyl sites for hydroxylation is 2. The number of isocyanates is 1. The van der Waals surface area contributed by atoms with Gasteiger partial charge in [-0.25, -0.2) is 9.48 Å². The van der Waals surface area contributed by atoms with Gasteiger partial charge in [0.05, 0.1) is 5.69 Å². The fourth-order valence-electron chi connectivity index (χ4n) is 1.88. The van der Waals surface area contributed by atoms with Crippen molar-refractivity contribution in [1.82, 2.24) is 9.78 Å². The number of rotatable bonds is 3. The smallest absolute Gasteiger partial charge is 0.242 e. The lowest BCUT2D eigenvalue weighted by molar-refractivity contribution is 0.564. The van der Waals surface area contributed by atoms with Gasteiger partial charge in [-0.3, -0.25) is 0 Å². The van der Waals surface area contributed by atoms with Crippen LogP contribution in [-0.2, 0) is 18.3 Å². The van der Waals surface area contributed by atoms with E-state index >= 15 is 0 Å². The van der Waals surface area contributed by atoms with Crippen LogP contribution in [-0.4, -0.2) is 15.9 Å². The third-order valence-corrected chi connectivity index (χ3v) is 2.69. The molecule has 0 fully saturated rings. The summed E-state index contributed by atoms with van der Waals surface area (Å²) in [5.74, 6) is 0.585. The van der Waals surface area contributed by atoms with Crippen molar-refractivity contribution in [2.75, 3.05) is 0 Å². The molecule has 1 heterocycles. The van der Waals surface area contributed by atoms with Gasteiger partial charge < -0.3 is 0 Å². The summed E-state index contributed by atoms with van der Waals surface area (Å²) in [6, 6.07) is 10.0. The molecule has 0 aliphatic heterocycles. The second-order valence-electron chi connectivity index (χ2n) is 3.88. The lowest BCUT2D eigenvalue weighted by atomic mass is 10.1. The molecule has 0 atom stereocenters. The molecule has 2 aromatic rings. The van der Waals surface area contributed by atoms with Gasteiger partial charge in [0.15, 0.2) is 5.82 Å². The third kappa shape index (κ3) is 2.32. The minimum Gasteiger partial charge on any atom is -0.250 e. The Morgan fingerprint density at radius 1 is 1.35 bits per heavy atom. The second-order valence-corrected chi connectivity index (χ2v) is 3.88. The average molecular weight is 227 g/mol. The zero-order chi connectivity index (χ0) is 12.3. The molecule has 0 aliphatic carbocycles. The number of hydrogen-bond donors (Lipinski definition) is 0. The van der Waals surface area contributed by atoms with Crippen LogP contribution in [0.15, 0.2) is 35.3 Å². The number of aromatic nitrogens is 2. The Balaban J connectivity index is 2.42. The van der Waals surface area contributed by atoms with Crippen LogP contribution < -0.4 is 0 Å². The first kappa shape index (κ1) is 11.3. The molecule has 0 unspecified atom stereocenters. The van der Waals surface area contributed by atoms with Crippen LogP contribution in [0.4, 0.5) is 5.82 Å². The minimum absolute atomic E-state index is 0.585. The number of aliphatic imine (C=N–C) groups is 1. The zero-order valence-corrected chi connectivity index (χ0v) is 9.84. The standard InChI is InChI=1S/C13H13N3O/c1-10-12(8-11-6-4-3-5-7-11)13(14-9-17)16(2)15-10/h3-7H,8H2,1-2H3. The van der Waals surface area contributed by atoms with Gasteiger partial charge in [0.25, 0.3) is 0 Å². The van der Waals surface area contributed by atoms with Crippen LogP contribution in [0.3, 0.4) is 0 Å². The molecule has 2 rings (SSSR count). The number of benzene rings is 1. The van der Waals surface area contributed by atoms with E-state index in [2.05, 4.69) is 10.1 Å². The first-order valence-electron chi connectivity index (χ1n) is 5.36. The zero-order valence-electron chi connectivity index (χ0n) is 9.84. The van der Waals surface area contributed by atoms with Gasteiger partial charge in [-0.1, -0.05) is 30.3 Å². The van der Waals surface area contributed by atoms with E-state index in [9.17, 15) is 4.79 Å². The number of hydrogen-bond acceptors (Lipinski definition) is 3. The largest absolute Gasteiger partial charge is 0.250 e. The molecule has 0 bridgehead atoms. The predicted octanol–water partition coefficient (Wildman–Crippen LogP) is 2.29. The fourth-order valence-corrected chi connectivity index (χ4v) is 1.88. The SMILES string of the molecule is Cc1nn(C)c(N=C=O)c1Cc1ccccc1. The van der Waals surface area contributed by atoms with Gasteiger partial charge in [0.1, 0.15) is 0 Å². The van der Waals surface area contributed by atoms with Gasteiger partial charge >= 0.3 is 0 Å². The highest BCUT2D eigenvalue weighted by Gasteiger charge is 2.12. The molecule has 86 valence electrons. The van der Waals surface area contributed by atoms with E-state index in [0.717, 1.165) is 17.7 Å². The Labute approximate surface area is 99.6 Å². The summed E-state index contributed by atoms with van der Waals surface area (Å²) in [7, 11) is 1.78. The Morgan fingerprint density at radius 3 is 2.71 bits per heavy atom. The Kier molecular flexibility index (Phi) is 3.17. The van der Waals surface area contributed by atoms with Crippen LogP contribution in [0.1, 0.15) is 16.8 Å². The molecule has 0 N–H and O–H groups in total. The van der Waals surface area contributed by atoms with Gasteiger partial charge in [0, 0.05) is 19.0 Å². The summed E-state index contributed by atoms with van der Waals surface area (Å²) in [4.78, 5) is 14.1. The monoisotopic (exact) mass is 227 g/mol. The Hall–Kier alpha value is -2.19. The van der Waals surface area contributed by atoms with E-state index in [4.69, 9.17) is 0 Å². The van der Waals surface area contributed by atoms with Crippen LogP contribution in [0.25, 0.3) is 0 Å². The summed E-state index contributed by atoms with van der Waals surface area (Å²) in [6.07, 6.45) is 2.30. The Morgan fingerprint density at radius 2 is 2.06 bits per heavy atom. The Bertz CT molecular complexity index is 566. The van der Waals surface area contributed by atoms with Crippen LogP contribution in [0.5, 0.6) is 0 Å². The van der Waals surface area contributed by atoms with Crippen molar-refractivity contribution < 1.29 is 4.79 Å². The summed E-state index contributed by atoms with van der Waals surface area (Å²) in [6.45, 7) is 1.92. The molecular weight excluding hydrogens is 214 g/mol. The maximum atomic E-state index is 10.4. The average Bonchev–Trinajstić information content (AvgIpc) is 2.58. The van der Waals surface area contributed by atoms with Gasteiger partial charge in [-0.15, -0.1) is 4.99 Å². The van der Waals surface area contributed by atoms with Crippen molar-refractivity contribution in [3.05, 3.63) is 47.2 Å². The van der Waals surface area contributed by atoms with Gasteiger partial charge in [0.2, 0.25) is 6.08 Å². The quantitative estimate of drug-likeness (QED) is 0.596. The second kappa shape index (κ2) is 4.76. The highest BCUT2D eigenvalue weighted by atomic mass is 16.1. The molecule has 4 nitrogen and oxygen atoms in total. The topological polar surface area (TPSA) is 47.2 Å². The van der Waals surface area contributed by atoms with Crippen molar-refractivity contribution >= 4 is 11.9 Å². The molecule has 0 saturated carbocycles. The summed E-state index contributed by atoms with van der Waals surface area (Å²) < 4.78 is 1.61. The number of carbonyl (C=O) groups excluding carboxylic acids is 1. The minimum atomic E-state index is 0.585. The maximum Gasteiger partial charge on any atom is 0.242 e. The summed E-state index contributed by atoms with van der Waals surface area (Å²) in [5.41, 5.74) is 3.04. The fraction of sp³-hybridized carbons (Fsp3) is 0.231. The van der Waals surface area contributed by atoms with Gasteiger partial charge in [-0.2, -0.15) is 5.10 Å². The van der Waals surface area contributed by atoms with E-state index in [1.165, 1.54) is 5.56 Å². The molecule has 0 saturated heterocycles. The van der Waals surface area contributed by atoms with E-state index in [1.54, 1.807) is 17.8 Å². The number of nitrogens with zero attached hydrogens (tertiary/aromatic N) is 3. The lowest BCUT2D eigenvalue weighted by Crippen LogP contribution is -1.90. The lowest BCUT2D eigenvalue weighted by Gasteiger charge is -2.01. The van der Waals surface area contributed by atoms with Crippen molar-refractivity contribution in [3.63, 3.8) is 0 Å². The van der Waals surface area contributed by atoms with Crippen molar-refractivity contribution in [3.8, 4) is 0 Å². The van der Waals surface area contributed by atoms with Crippen molar-refractivity contribution in [2.45, 2.75) is 13.3 Å². The predicted molar refractivity (Wildman–Crippen MR) is 65.0 cm³/mol. The van der Waals surface area contributed by atoms with Crippen molar-refractivity contribution in [2.24, 2.45) is 12.0 Å². The summed E-state index contributed by atoms with van der Waals surface area (Å²) >= 11 is 0. The molecule has 17 heavy (non-hydrogen) atoms. The molecular formula is C13H13N3O. The van der Waals surface area contributed by atoms with E-state index in [0.29, 0.717) is 5.82 Å². The molecule has 1 aromatic heterocycles. The molecule has 0 spiro atoms. The maximum absolute atomic E-state index is 10.4. The molecule has 0 aliphatic rings. The van der Waals surface area contributed by atoms with Crippen LogP contribution in [0.2, 0.25) is 0 Å². The summed E-state index contributed by atoms with van der Waals surface area (Å²) in [5, 5.41) is 4.27. The normalized spacial score (nSPS) is 10.0. The molecule has 0 radical (unpaired) electrons. The van der Waals surface area contributed by atoms with E-state index < -0.39 is 0 Å². The molecule has 4 heteroatoms. The van der Waals surface area contributed by atoms with Gasteiger partial charge in [-0.05, 0) is 12.5 Å². The first-order valence-corrected chi connectivity index (χ1v) is 5.36. The van der Waals surface area contributed by atoms with E-state index in [-0.39, 0.29) is 0 Å². The highest BCUT2D eigenvalue weighted by molar-refractivity contribution is 5.52. The van der Waals surface area contributed by atoms with E-state index in [1.807, 2.05) is 37.3 Å². The first-order chi connectivity index (χ1) is 8.22. The van der Waals surface area contributed by atoms with Crippen LogP contribution in [0, 0.1) is 6.92 Å². The van der Waals surface area contributed by atoms with Crippen LogP contribution >= 0.6 is 0 Å². The molecule has 0 amide bonds. The van der Waals surface area contributed by atoms with Crippen molar-refractivity contribution in [1.29, 1.82) is 0 Å². The third-order valence-electron chi connectivity index (χ3n) is 2.69. The highest BCUT2D eigenvalue weighted by Crippen LogP contribution is 2.24.